The SMILES string of the molecule is CCOC(=O)c1c(NC(=O)C23CC4CC(CC2C4)C3)sc2c1CCN(C(=O)OC(C)(C)C)C2. The number of fused-ring (bicyclic) bond motifs is 1. The van der Waals surface area contributed by atoms with Crippen LogP contribution in [0.25, 0.3) is 0 Å². The lowest BCUT2D eigenvalue weighted by Crippen LogP contribution is -2.39. The average molecular weight is 475 g/mol. The van der Waals surface area contributed by atoms with E-state index in [2.05, 4.69) is 5.32 Å². The van der Waals surface area contributed by atoms with Crippen molar-refractivity contribution >= 4 is 34.3 Å². The molecule has 4 bridgehead atoms. The molecule has 0 aromatic carbocycles. The lowest BCUT2D eigenvalue weighted by Gasteiger charge is -2.31. The summed E-state index contributed by atoms with van der Waals surface area (Å²) < 4.78 is 10.9. The lowest BCUT2D eigenvalue weighted by atomic mass is 9.75. The zero-order valence-electron chi connectivity index (χ0n) is 20.0. The number of carbonyl (C=O) groups is 3. The Balaban J connectivity index is 1.40. The first kappa shape index (κ1) is 22.7. The van der Waals surface area contributed by atoms with Crippen LogP contribution < -0.4 is 5.32 Å². The van der Waals surface area contributed by atoms with Crippen LogP contribution in [-0.4, -0.2) is 41.6 Å². The van der Waals surface area contributed by atoms with Crippen molar-refractivity contribution in [3.05, 3.63) is 16.0 Å². The minimum atomic E-state index is -0.568. The van der Waals surface area contributed by atoms with Crippen LogP contribution in [0.15, 0.2) is 0 Å². The van der Waals surface area contributed by atoms with Crippen LogP contribution in [0.5, 0.6) is 0 Å². The van der Waals surface area contributed by atoms with Crippen molar-refractivity contribution in [2.24, 2.45) is 23.2 Å². The van der Waals surface area contributed by atoms with Gasteiger partial charge in [0.15, 0.2) is 0 Å². The maximum Gasteiger partial charge on any atom is 0.410 e. The molecule has 0 spiro atoms. The minimum absolute atomic E-state index is 0.0744. The molecule has 7 nitrogen and oxygen atoms in total. The quantitative estimate of drug-likeness (QED) is 0.622. The molecule has 1 N–H and O–H groups in total. The number of nitrogens with zero attached hydrogens (tertiary/aromatic N) is 1. The van der Waals surface area contributed by atoms with Gasteiger partial charge in [0, 0.05) is 11.4 Å². The summed E-state index contributed by atoms with van der Waals surface area (Å²) in [5.41, 5.74) is 0.528. The molecule has 2 amide bonds. The van der Waals surface area contributed by atoms with E-state index in [1.807, 2.05) is 20.8 Å². The molecule has 4 fully saturated rings. The van der Waals surface area contributed by atoms with E-state index in [0.717, 1.165) is 23.3 Å². The fraction of sp³-hybridized carbons (Fsp3) is 0.720. The van der Waals surface area contributed by atoms with Gasteiger partial charge in [-0.3, -0.25) is 4.79 Å². The first-order valence-electron chi connectivity index (χ1n) is 12.2. The van der Waals surface area contributed by atoms with Gasteiger partial charge in [-0.25, -0.2) is 9.59 Å². The molecule has 2 atom stereocenters. The molecule has 1 aromatic rings. The van der Waals surface area contributed by atoms with E-state index in [0.29, 0.717) is 47.8 Å². The Morgan fingerprint density at radius 1 is 1.15 bits per heavy atom. The normalized spacial score (nSPS) is 29.7. The largest absolute Gasteiger partial charge is 0.462 e. The number of rotatable bonds is 4. The lowest BCUT2D eigenvalue weighted by molar-refractivity contribution is -0.127. The first-order chi connectivity index (χ1) is 15.6. The van der Waals surface area contributed by atoms with E-state index in [-0.39, 0.29) is 24.0 Å². The highest BCUT2D eigenvalue weighted by Gasteiger charge is 2.61. The van der Waals surface area contributed by atoms with Gasteiger partial charge in [0.1, 0.15) is 10.6 Å². The summed E-state index contributed by atoms with van der Waals surface area (Å²) >= 11 is 1.40. The Morgan fingerprint density at radius 2 is 1.85 bits per heavy atom. The summed E-state index contributed by atoms with van der Waals surface area (Å²) in [5.74, 6) is 1.51. The Bertz CT molecular complexity index is 980. The molecule has 180 valence electrons. The molecule has 4 saturated carbocycles. The molecular weight excluding hydrogens is 440 g/mol. The molecule has 1 aliphatic heterocycles. The number of esters is 1. The van der Waals surface area contributed by atoms with Crippen LogP contribution in [0.2, 0.25) is 0 Å². The zero-order valence-corrected chi connectivity index (χ0v) is 20.8. The molecule has 0 saturated heterocycles. The number of amides is 2. The summed E-state index contributed by atoms with van der Waals surface area (Å²) in [6.07, 6.45) is 5.74. The molecule has 5 aliphatic rings. The number of thiophene rings is 1. The summed E-state index contributed by atoms with van der Waals surface area (Å²) in [6, 6.07) is 0. The van der Waals surface area contributed by atoms with E-state index in [1.54, 1.807) is 11.8 Å². The van der Waals surface area contributed by atoms with Crippen molar-refractivity contribution < 1.29 is 23.9 Å². The Labute approximate surface area is 199 Å². The zero-order chi connectivity index (χ0) is 23.5. The summed E-state index contributed by atoms with van der Waals surface area (Å²) in [6.45, 7) is 8.44. The highest BCUT2D eigenvalue weighted by Crippen LogP contribution is 2.65. The standard InChI is InChI=1S/C25H34N2O5S/c1-5-31-21(28)19-17-6-7-27(23(30)32-24(2,3)4)13-18(17)33-20(19)26-22(29)25-11-14-8-15(12-25)10-16(25)9-14/h14-16H,5-13H2,1-4H3,(H,26,29). The highest BCUT2D eigenvalue weighted by atomic mass is 32.1. The third kappa shape index (κ3) is 3.94. The van der Waals surface area contributed by atoms with Gasteiger partial charge < -0.3 is 19.7 Å². The van der Waals surface area contributed by atoms with Gasteiger partial charge in [0.2, 0.25) is 5.91 Å². The van der Waals surface area contributed by atoms with Gasteiger partial charge in [-0.1, -0.05) is 0 Å². The Kier molecular flexibility index (Phi) is 5.50. The third-order valence-electron chi connectivity index (χ3n) is 7.86. The second-order valence-electron chi connectivity index (χ2n) is 11.2. The maximum absolute atomic E-state index is 13.6. The van der Waals surface area contributed by atoms with Crippen molar-refractivity contribution in [1.29, 1.82) is 0 Å². The molecule has 2 heterocycles. The van der Waals surface area contributed by atoms with Gasteiger partial charge in [0.05, 0.1) is 24.1 Å². The van der Waals surface area contributed by atoms with Crippen molar-refractivity contribution in [3.63, 3.8) is 0 Å². The molecule has 1 aromatic heterocycles. The van der Waals surface area contributed by atoms with E-state index in [9.17, 15) is 14.4 Å². The third-order valence-corrected chi connectivity index (χ3v) is 8.99. The Morgan fingerprint density at radius 3 is 2.48 bits per heavy atom. The van der Waals surface area contributed by atoms with Crippen molar-refractivity contribution in [3.8, 4) is 0 Å². The van der Waals surface area contributed by atoms with Gasteiger partial charge in [-0.15, -0.1) is 11.3 Å². The van der Waals surface area contributed by atoms with Crippen LogP contribution >= 0.6 is 11.3 Å². The fourth-order valence-electron chi connectivity index (χ4n) is 6.79. The van der Waals surface area contributed by atoms with Crippen LogP contribution in [0.3, 0.4) is 0 Å². The predicted molar refractivity (Wildman–Crippen MR) is 125 cm³/mol. The van der Waals surface area contributed by atoms with Crippen LogP contribution in [-0.2, 0) is 27.2 Å². The fourth-order valence-corrected chi connectivity index (χ4v) is 8.03. The molecule has 6 rings (SSSR count). The molecule has 0 radical (unpaired) electrons. The topological polar surface area (TPSA) is 84.9 Å². The molecule has 8 heteroatoms. The van der Waals surface area contributed by atoms with E-state index >= 15 is 0 Å². The average Bonchev–Trinajstić information content (AvgIpc) is 3.29. The molecule has 4 aliphatic carbocycles. The smallest absolute Gasteiger partial charge is 0.410 e. The summed E-state index contributed by atoms with van der Waals surface area (Å²) in [7, 11) is 0. The van der Waals surface area contributed by atoms with Crippen molar-refractivity contribution in [2.75, 3.05) is 18.5 Å². The number of carbonyl (C=O) groups excluding carboxylic acids is 3. The number of hydrogen-bond donors (Lipinski definition) is 1. The second-order valence-corrected chi connectivity index (χ2v) is 12.3. The summed E-state index contributed by atoms with van der Waals surface area (Å²) in [4.78, 5) is 41.7. The second kappa shape index (κ2) is 8.00. The maximum atomic E-state index is 13.6. The number of ether oxygens (including phenoxy) is 2. The molecular formula is C25H34N2O5S. The molecule has 33 heavy (non-hydrogen) atoms. The first-order valence-corrected chi connectivity index (χ1v) is 13.0. The van der Waals surface area contributed by atoms with Gasteiger partial charge in [-0.05, 0) is 89.5 Å². The van der Waals surface area contributed by atoms with Crippen LogP contribution in [0.4, 0.5) is 9.80 Å². The van der Waals surface area contributed by atoms with Crippen molar-refractivity contribution in [1.82, 2.24) is 4.90 Å². The number of nitrogens with one attached hydrogen (secondary N) is 1. The predicted octanol–water partition coefficient (Wildman–Crippen LogP) is 4.98. The van der Waals surface area contributed by atoms with Crippen LogP contribution in [0.1, 0.15) is 80.6 Å². The number of anilines is 1. The monoisotopic (exact) mass is 474 g/mol. The van der Waals surface area contributed by atoms with Gasteiger partial charge >= 0.3 is 12.1 Å². The molecule has 2 unspecified atom stereocenters. The minimum Gasteiger partial charge on any atom is -0.462 e. The van der Waals surface area contributed by atoms with Crippen molar-refractivity contribution in [2.45, 2.75) is 78.4 Å². The van der Waals surface area contributed by atoms with Gasteiger partial charge in [0.25, 0.3) is 0 Å². The Hall–Kier alpha value is -2.09. The van der Waals surface area contributed by atoms with E-state index in [1.165, 1.54) is 30.6 Å². The highest BCUT2D eigenvalue weighted by molar-refractivity contribution is 7.17. The van der Waals surface area contributed by atoms with Crippen LogP contribution in [0, 0.1) is 23.2 Å². The number of hydrogen-bond acceptors (Lipinski definition) is 6. The van der Waals surface area contributed by atoms with E-state index < -0.39 is 11.6 Å². The summed E-state index contributed by atoms with van der Waals surface area (Å²) in [5, 5.41) is 3.76. The van der Waals surface area contributed by atoms with E-state index in [4.69, 9.17) is 9.47 Å². The van der Waals surface area contributed by atoms with Gasteiger partial charge in [-0.2, -0.15) is 0 Å².